The molecule has 2 amide bonds. The quantitative estimate of drug-likeness (QED) is 0.809. The molecule has 5 nitrogen and oxygen atoms in total. The molecule has 1 unspecified atom stereocenters. The predicted octanol–water partition coefficient (Wildman–Crippen LogP) is 2.73. The number of fused-ring (bicyclic) bond motifs is 5. The second kappa shape index (κ2) is 4.77. The number of nitrogens with one attached hydrogen (secondary N) is 1. The van der Waals surface area contributed by atoms with E-state index in [9.17, 15) is 9.59 Å². The highest BCUT2D eigenvalue weighted by Crippen LogP contribution is 2.40. The van der Waals surface area contributed by atoms with Crippen LogP contribution in [0.2, 0.25) is 0 Å². The van der Waals surface area contributed by atoms with Crippen LogP contribution in [0.3, 0.4) is 0 Å². The molecule has 2 aliphatic heterocycles. The Morgan fingerprint density at radius 2 is 2.09 bits per heavy atom. The summed E-state index contributed by atoms with van der Waals surface area (Å²) in [7, 11) is 0. The topological polar surface area (TPSA) is 62.3 Å². The molecule has 0 aromatic carbocycles. The number of aryl methyl sites for hydroxylation is 2. The maximum absolute atomic E-state index is 12.9. The van der Waals surface area contributed by atoms with Gasteiger partial charge in [-0.3, -0.25) is 9.59 Å². The smallest absolute Gasteiger partial charge is 0.266 e. The van der Waals surface area contributed by atoms with Crippen LogP contribution in [-0.2, 0) is 17.6 Å². The average Bonchev–Trinajstić information content (AvgIpc) is 3.15. The van der Waals surface area contributed by atoms with Crippen molar-refractivity contribution >= 4 is 39.1 Å². The van der Waals surface area contributed by atoms with Crippen LogP contribution in [-0.4, -0.2) is 34.3 Å². The van der Waals surface area contributed by atoms with E-state index in [0.29, 0.717) is 17.1 Å². The van der Waals surface area contributed by atoms with Gasteiger partial charge >= 0.3 is 0 Å². The van der Waals surface area contributed by atoms with Crippen LogP contribution in [0.25, 0.3) is 10.2 Å². The third-order valence-corrected chi connectivity index (χ3v) is 6.31. The van der Waals surface area contributed by atoms with Gasteiger partial charge in [0.05, 0.1) is 5.69 Å². The van der Waals surface area contributed by atoms with Gasteiger partial charge in [-0.25, -0.2) is 4.98 Å². The SMILES string of the molecule is O=C1Nc2c(sc3nc4c(cc23)CCCC4)C(=O)N2CCCC12. The average molecular weight is 327 g/mol. The van der Waals surface area contributed by atoms with Crippen molar-refractivity contribution in [2.75, 3.05) is 11.9 Å². The Hall–Kier alpha value is -1.95. The van der Waals surface area contributed by atoms with E-state index in [4.69, 9.17) is 4.98 Å². The van der Waals surface area contributed by atoms with E-state index in [0.717, 1.165) is 41.6 Å². The number of pyridine rings is 1. The first-order chi connectivity index (χ1) is 11.2. The lowest BCUT2D eigenvalue weighted by atomic mass is 9.95. The fourth-order valence-electron chi connectivity index (χ4n) is 4.04. The lowest BCUT2D eigenvalue weighted by Crippen LogP contribution is -2.40. The summed E-state index contributed by atoms with van der Waals surface area (Å²) in [6.45, 7) is 0.675. The van der Waals surface area contributed by atoms with Crippen LogP contribution in [0.5, 0.6) is 0 Å². The van der Waals surface area contributed by atoms with Crippen molar-refractivity contribution in [2.45, 2.75) is 44.6 Å². The predicted molar refractivity (Wildman–Crippen MR) is 89.0 cm³/mol. The summed E-state index contributed by atoms with van der Waals surface area (Å²) in [4.78, 5) is 33.4. The molecule has 3 aliphatic rings. The summed E-state index contributed by atoms with van der Waals surface area (Å²) in [5.74, 6) is -0.0613. The van der Waals surface area contributed by atoms with E-state index in [2.05, 4.69) is 11.4 Å². The van der Waals surface area contributed by atoms with Gasteiger partial charge in [-0.2, -0.15) is 0 Å². The molecule has 118 valence electrons. The van der Waals surface area contributed by atoms with E-state index < -0.39 is 0 Å². The van der Waals surface area contributed by atoms with Gasteiger partial charge in [-0.05, 0) is 50.2 Å². The summed E-state index contributed by atoms with van der Waals surface area (Å²) < 4.78 is 0. The van der Waals surface area contributed by atoms with Gasteiger partial charge in [0.25, 0.3) is 5.91 Å². The molecule has 1 N–H and O–H groups in total. The molecule has 1 atom stereocenters. The van der Waals surface area contributed by atoms with Crippen LogP contribution < -0.4 is 5.32 Å². The Balaban J connectivity index is 1.72. The zero-order chi connectivity index (χ0) is 15.6. The first-order valence-corrected chi connectivity index (χ1v) is 9.11. The number of carbonyl (C=O) groups excluding carboxylic acids is 2. The third kappa shape index (κ3) is 1.87. The van der Waals surface area contributed by atoms with Gasteiger partial charge in [0.1, 0.15) is 15.7 Å². The Morgan fingerprint density at radius 1 is 1.22 bits per heavy atom. The minimum absolute atomic E-state index is 0.0122. The van der Waals surface area contributed by atoms with E-state index in [1.54, 1.807) is 4.90 Å². The molecule has 2 aromatic heterocycles. The molecule has 23 heavy (non-hydrogen) atoms. The van der Waals surface area contributed by atoms with Crippen molar-refractivity contribution in [3.8, 4) is 0 Å². The maximum atomic E-state index is 12.9. The molecule has 1 fully saturated rings. The fraction of sp³-hybridized carbons (Fsp3) is 0.471. The van der Waals surface area contributed by atoms with Crippen molar-refractivity contribution in [1.82, 2.24) is 9.88 Å². The Morgan fingerprint density at radius 3 is 3.00 bits per heavy atom. The summed E-state index contributed by atoms with van der Waals surface area (Å²) >= 11 is 1.43. The van der Waals surface area contributed by atoms with Gasteiger partial charge in [0.2, 0.25) is 5.91 Å². The number of anilines is 1. The van der Waals surface area contributed by atoms with E-state index in [1.165, 1.54) is 29.7 Å². The minimum atomic E-state index is -0.303. The molecular weight excluding hydrogens is 310 g/mol. The highest BCUT2D eigenvalue weighted by molar-refractivity contribution is 7.21. The summed E-state index contributed by atoms with van der Waals surface area (Å²) in [5.41, 5.74) is 3.13. The van der Waals surface area contributed by atoms with Crippen molar-refractivity contribution in [3.05, 3.63) is 22.2 Å². The van der Waals surface area contributed by atoms with Gasteiger partial charge in [0.15, 0.2) is 0 Å². The van der Waals surface area contributed by atoms with Gasteiger partial charge in [0, 0.05) is 17.6 Å². The number of carbonyl (C=O) groups is 2. The molecule has 0 spiro atoms. The monoisotopic (exact) mass is 327 g/mol. The Labute approximate surface area is 137 Å². The Bertz CT molecular complexity index is 857. The number of nitrogens with zero attached hydrogens (tertiary/aromatic N) is 2. The fourth-order valence-corrected chi connectivity index (χ4v) is 5.12. The summed E-state index contributed by atoms with van der Waals surface area (Å²) in [6, 6.07) is 1.85. The van der Waals surface area contributed by atoms with Crippen molar-refractivity contribution in [2.24, 2.45) is 0 Å². The largest absolute Gasteiger partial charge is 0.326 e. The van der Waals surface area contributed by atoms with Crippen LogP contribution in [0.15, 0.2) is 6.07 Å². The first kappa shape index (κ1) is 13.5. The zero-order valence-corrected chi connectivity index (χ0v) is 13.5. The zero-order valence-electron chi connectivity index (χ0n) is 12.7. The van der Waals surface area contributed by atoms with Gasteiger partial charge < -0.3 is 10.2 Å². The lowest BCUT2D eigenvalue weighted by Gasteiger charge is -2.19. The van der Waals surface area contributed by atoms with Crippen LogP contribution in [0.4, 0.5) is 5.69 Å². The van der Waals surface area contributed by atoms with E-state index >= 15 is 0 Å². The highest BCUT2D eigenvalue weighted by Gasteiger charge is 2.40. The molecule has 1 aliphatic carbocycles. The summed E-state index contributed by atoms with van der Waals surface area (Å²) in [5, 5.41) is 3.96. The van der Waals surface area contributed by atoms with Crippen molar-refractivity contribution in [1.29, 1.82) is 0 Å². The maximum Gasteiger partial charge on any atom is 0.266 e. The molecule has 0 saturated carbocycles. The number of aromatic nitrogens is 1. The summed E-state index contributed by atoms with van der Waals surface area (Å²) in [6.07, 6.45) is 6.09. The second-order valence-corrected chi connectivity index (χ2v) is 7.61. The number of hydrogen-bond donors (Lipinski definition) is 1. The minimum Gasteiger partial charge on any atom is -0.326 e. The standard InChI is InChI=1S/C17H17N3O2S/c21-15-12-6-3-7-20(12)17(22)14-13(19-15)10-8-9-4-1-2-5-11(9)18-16(10)23-14/h8,12H,1-7H2,(H,19,21). The molecule has 6 heteroatoms. The van der Waals surface area contributed by atoms with Gasteiger partial charge in [-0.15, -0.1) is 11.3 Å². The molecule has 2 aromatic rings. The number of amides is 2. The van der Waals surface area contributed by atoms with Crippen LogP contribution in [0.1, 0.15) is 46.6 Å². The first-order valence-electron chi connectivity index (χ1n) is 8.29. The number of hydrogen-bond acceptors (Lipinski definition) is 4. The lowest BCUT2D eigenvalue weighted by molar-refractivity contribution is -0.119. The molecule has 0 bridgehead atoms. The Kier molecular flexibility index (Phi) is 2.80. The number of thiophene rings is 1. The number of rotatable bonds is 0. The van der Waals surface area contributed by atoms with Gasteiger partial charge in [-0.1, -0.05) is 0 Å². The van der Waals surface area contributed by atoms with E-state index in [-0.39, 0.29) is 17.9 Å². The van der Waals surface area contributed by atoms with Crippen LogP contribution >= 0.6 is 11.3 Å². The third-order valence-electron chi connectivity index (χ3n) is 5.22. The normalized spacial score (nSPS) is 23.3. The van der Waals surface area contributed by atoms with E-state index in [1.807, 2.05) is 0 Å². The van der Waals surface area contributed by atoms with Crippen molar-refractivity contribution in [3.63, 3.8) is 0 Å². The highest BCUT2D eigenvalue weighted by atomic mass is 32.1. The van der Waals surface area contributed by atoms with Crippen molar-refractivity contribution < 1.29 is 9.59 Å². The molecule has 5 rings (SSSR count). The molecule has 0 radical (unpaired) electrons. The molecule has 4 heterocycles. The molecule has 1 saturated heterocycles. The molecular formula is C17H17N3O2S. The van der Waals surface area contributed by atoms with Crippen LogP contribution in [0, 0.1) is 0 Å². The second-order valence-electron chi connectivity index (χ2n) is 6.61.